The number of aromatic nitrogens is 2. The molecule has 88 valence electrons. The fraction of sp³-hybridized carbons (Fsp3) is 0.0667. The first-order valence-electron chi connectivity index (χ1n) is 5.78. The minimum Gasteiger partial charge on any atom is -0.437 e. The highest BCUT2D eigenvalue weighted by Gasteiger charge is 2.03. The number of aryl methyl sites for hydroxylation is 1. The molecule has 3 nitrogen and oxygen atoms in total. The van der Waals surface area contributed by atoms with E-state index in [1.165, 1.54) is 0 Å². The molecule has 3 heteroatoms. The molecule has 0 unspecified atom stereocenters. The summed E-state index contributed by atoms with van der Waals surface area (Å²) in [5.41, 5.74) is 2.78. The van der Waals surface area contributed by atoms with Crippen molar-refractivity contribution in [1.82, 2.24) is 9.97 Å². The SMILES string of the molecule is Cc1ccccc1Oc1cnc2ccccc2n1. The van der Waals surface area contributed by atoms with Gasteiger partial charge in [0.05, 0.1) is 17.2 Å². The number of benzene rings is 2. The highest BCUT2D eigenvalue weighted by Crippen LogP contribution is 2.23. The van der Waals surface area contributed by atoms with Crippen LogP contribution in [0.5, 0.6) is 11.6 Å². The first kappa shape index (κ1) is 10.7. The summed E-state index contributed by atoms with van der Waals surface area (Å²) in [5.74, 6) is 1.32. The second-order valence-electron chi connectivity index (χ2n) is 4.06. The standard InChI is InChI=1S/C15H12N2O/c1-11-6-2-5-9-14(11)18-15-10-16-12-7-3-4-8-13(12)17-15/h2-10H,1H3. The summed E-state index contributed by atoms with van der Waals surface area (Å²) >= 11 is 0. The Labute approximate surface area is 105 Å². The third-order valence-electron chi connectivity index (χ3n) is 2.73. The van der Waals surface area contributed by atoms with Gasteiger partial charge in [0.25, 0.3) is 0 Å². The van der Waals surface area contributed by atoms with Crippen molar-refractivity contribution in [2.24, 2.45) is 0 Å². The molecule has 0 atom stereocenters. The van der Waals surface area contributed by atoms with Gasteiger partial charge in [-0.3, -0.25) is 0 Å². The smallest absolute Gasteiger partial charge is 0.238 e. The van der Waals surface area contributed by atoms with Gasteiger partial charge in [0, 0.05) is 0 Å². The minimum atomic E-state index is 0.517. The molecule has 1 heterocycles. The van der Waals surface area contributed by atoms with Crippen LogP contribution >= 0.6 is 0 Å². The van der Waals surface area contributed by atoms with Crippen LogP contribution in [-0.2, 0) is 0 Å². The summed E-state index contributed by atoms with van der Waals surface area (Å²) in [7, 11) is 0. The topological polar surface area (TPSA) is 35.0 Å². The molecule has 0 bridgehead atoms. The van der Waals surface area contributed by atoms with Crippen LogP contribution in [0.4, 0.5) is 0 Å². The van der Waals surface area contributed by atoms with Crippen LogP contribution < -0.4 is 4.74 Å². The van der Waals surface area contributed by atoms with Crippen LogP contribution in [-0.4, -0.2) is 9.97 Å². The third-order valence-corrected chi connectivity index (χ3v) is 2.73. The van der Waals surface area contributed by atoms with Gasteiger partial charge in [-0.25, -0.2) is 9.97 Å². The Morgan fingerprint density at radius 3 is 2.44 bits per heavy atom. The number of hydrogen-bond donors (Lipinski definition) is 0. The predicted molar refractivity (Wildman–Crippen MR) is 70.8 cm³/mol. The molecule has 0 amide bonds. The average molecular weight is 236 g/mol. The first-order chi connectivity index (χ1) is 8.83. The van der Waals surface area contributed by atoms with E-state index in [2.05, 4.69) is 9.97 Å². The third kappa shape index (κ3) is 2.02. The second-order valence-corrected chi connectivity index (χ2v) is 4.06. The van der Waals surface area contributed by atoms with Crippen LogP contribution in [0.15, 0.2) is 54.7 Å². The number of fused-ring (bicyclic) bond motifs is 1. The summed E-state index contributed by atoms with van der Waals surface area (Å²) in [5, 5.41) is 0. The highest BCUT2D eigenvalue weighted by molar-refractivity contribution is 5.74. The van der Waals surface area contributed by atoms with Crippen molar-refractivity contribution >= 4 is 11.0 Å². The van der Waals surface area contributed by atoms with Crippen LogP contribution in [0.2, 0.25) is 0 Å². The lowest BCUT2D eigenvalue weighted by Gasteiger charge is -2.07. The van der Waals surface area contributed by atoms with Crippen molar-refractivity contribution < 1.29 is 4.74 Å². The molecule has 3 aromatic rings. The van der Waals surface area contributed by atoms with Crippen LogP contribution in [0.1, 0.15) is 5.56 Å². The van der Waals surface area contributed by atoms with Gasteiger partial charge >= 0.3 is 0 Å². The average Bonchev–Trinajstić information content (AvgIpc) is 2.41. The van der Waals surface area contributed by atoms with Crippen molar-refractivity contribution in [3.05, 3.63) is 60.3 Å². The van der Waals surface area contributed by atoms with E-state index in [0.717, 1.165) is 22.3 Å². The summed E-state index contributed by atoms with van der Waals surface area (Å²) < 4.78 is 5.74. The van der Waals surface area contributed by atoms with Gasteiger partial charge < -0.3 is 4.74 Å². The lowest BCUT2D eigenvalue weighted by Crippen LogP contribution is -1.92. The molecule has 0 saturated heterocycles. The van der Waals surface area contributed by atoms with E-state index in [1.807, 2.05) is 55.5 Å². The molecular weight excluding hydrogens is 224 g/mol. The zero-order valence-electron chi connectivity index (χ0n) is 10.00. The van der Waals surface area contributed by atoms with Crippen LogP contribution in [0.3, 0.4) is 0 Å². The number of ether oxygens (including phenoxy) is 1. The molecule has 0 spiro atoms. The number of nitrogens with zero attached hydrogens (tertiary/aromatic N) is 2. The molecule has 0 N–H and O–H groups in total. The predicted octanol–water partition coefficient (Wildman–Crippen LogP) is 3.73. The van der Waals surface area contributed by atoms with Crippen molar-refractivity contribution in [3.8, 4) is 11.6 Å². The van der Waals surface area contributed by atoms with E-state index in [0.29, 0.717) is 5.88 Å². The van der Waals surface area contributed by atoms with E-state index >= 15 is 0 Å². The molecule has 18 heavy (non-hydrogen) atoms. The fourth-order valence-electron chi connectivity index (χ4n) is 1.77. The van der Waals surface area contributed by atoms with E-state index in [9.17, 15) is 0 Å². The quantitative estimate of drug-likeness (QED) is 0.680. The number of hydrogen-bond acceptors (Lipinski definition) is 3. The monoisotopic (exact) mass is 236 g/mol. The summed E-state index contributed by atoms with van der Waals surface area (Å²) in [6.45, 7) is 2.00. The Kier molecular flexibility index (Phi) is 2.65. The maximum Gasteiger partial charge on any atom is 0.238 e. The number of para-hydroxylation sites is 3. The minimum absolute atomic E-state index is 0.517. The van der Waals surface area contributed by atoms with Gasteiger partial charge in [0.1, 0.15) is 5.75 Å². The van der Waals surface area contributed by atoms with Crippen LogP contribution in [0, 0.1) is 6.92 Å². The summed E-state index contributed by atoms with van der Waals surface area (Å²) in [6.07, 6.45) is 1.65. The van der Waals surface area contributed by atoms with Gasteiger partial charge in [-0.05, 0) is 30.7 Å². The molecular formula is C15H12N2O. The van der Waals surface area contributed by atoms with Gasteiger partial charge in [-0.1, -0.05) is 30.3 Å². The molecule has 0 radical (unpaired) electrons. The maximum atomic E-state index is 5.74. The van der Waals surface area contributed by atoms with Crippen molar-refractivity contribution in [1.29, 1.82) is 0 Å². The van der Waals surface area contributed by atoms with E-state index < -0.39 is 0 Å². The lowest BCUT2D eigenvalue weighted by atomic mass is 10.2. The molecule has 0 aliphatic rings. The van der Waals surface area contributed by atoms with Crippen molar-refractivity contribution in [3.63, 3.8) is 0 Å². The first-order valence-corrected chi connectivity index (χ1v) is 5.78. The molecule has 0 saturated carbocycles. The zero-order chi connectivity index (χ0) is 12.4. The van der Waals surface area contributed by atoms with Gasteiger partial charge in [0.15, 0.2) is 0 Å². The summed E-state index contributed by atoms with van der Waals surface area (Å²) in [4.78, 5) is 8.75. The van der Waals surface area contributed by atoms with Gasteiger partial charge in [-0.15, -0.1) is 0 Å². The van der Waals surface area contributed by atoms with Crippen molar-refractivity contribution in [2.45, 2.75) is 6.92 Å². The van der Waals surface area contributed by atoms with Crippen LogP contribution in [0.25, 0.3) is 11.0 Å². The molecule has 0 aliphatic heterocycles. The molecule has 0 aliphatic carbocycles. The maximum absolute atomic E-state index is 5.74. The van der Waals surface area contributed by atoms with Gasteiger partial charge in [0.2, 0.25) is 5.88 Å². The Balaban J connectivity index is 1.98. The highest BCUT2D eigenvalue weighted by atomic mass is 16.5. The van der Waals surface area contributed by atoms with E-state index in [4.69, 9.17) is 4.74 Å². The van der Waals surface area contributed by atoms with E-state index in [-0.39, 0.29) is 0 Å². The van der Waals surface area contributed by atoms with E-state index in [1.54, 1.807) is 6.20 Å². The second kappa shape index (κ2) is 4.45. The molecule has 3 rings (SSSR count). The fourth-order valence-corrected chi connectivity index (χ4v) is 1.77. The zero-order valence-corrected chi connectivity index (χ0v) is 10.00. The Morgan fingerprint density at radius 1 is 0.889 bits per heavy atom. The molecule has 0 fully saturated rings. The Bertz CT molecular complexity index is 695. The normalized spacial score (nSPS) is 10.5. The largest absolute Gasteiger partial charge is 0.437 e. The molecule has 2 aromatic carbocycles. The van der Waals surface area contributed by atoms with Gasteiger partial charge in [-0.2, -0.15) is 0 Å². The Hall–Kier alpha value is -2.42. The summed E-state index contributed by atoms with van der Waals surface area (Å²) in [6, 6.07) is 15.6. The van der Waals surface area contributed by atoms with Crippen molar-refractivity contribution in [2.75, 3.05) is 0 Å². The Morgan fingerprint density at radius 2 is 1.61 bits per heavy atom. The number of rotatable bonds is 2. The lowest BCUT2D eigenvalue weighted by molar-refractivity contribution is 0.459. The molecule has 1 aromatic heterocycles.